The summed E-state index contributed by atoms with van der Waals surface area (Å²) in [5.41, 5.74) is 3.11. The van der Waals surface area contributed by atoms with Crippen LogP contribution in [-0.2, 0) is 0 Å². The largest absolute Gasteiger partial charge is 0.457 e. The normalized spacial score (nSPS) is 11.4. The summed E-state index contributed by atoms with van der Waals surface area (Å²) in [5, 5.41) is 0. The zero-order valence-electron chi connectivity index (χ0n) is 17.0. The molecule has 0 aromatic heterocycles. The molecule has 0 spiro atoms. The van der Waals surface area contributed by atoms with Gasteiger partial charge in [-0.1, -0.05) is 45.9 Å². The molecule has 26 heavy (non-hydrogen) atoms. The Bertz CT molecular complexity index is 764. The van der Waals surface area contributed by atoms with Gasteiger partial charge in [-0.15, -0.1) is 0 Å². The van der Waals surface area contributed by atoms with Crippen LogP contribution in [0, 0.1) is 0 Å². The van der Waals surface area contributed by atoms with Gasteiger partial charge in [-0.25, -0.2) is 4.99 Å². The van der Waals surface area contributed by atoms with Crippen molar-refractivity contribution in [3.63, 3.8) is 0 Å². The Hall–Kier alpha value is -2.38. The highest BCUT2D eigenvalue weighted by atomic mass is 16.5. The quantitative estimate of drug-likeness (QED) is 0.520. The lowest BCUT2D eigenvalue weighted by molar-refractivity contribution is 0.463. The number of hydrogen-bond donors (Lipinski definition) is 0. The van der Waals surface area contributed by atoms with Crippen LogP contribution in [0.25, 0.3) is 0 Å². The molecular formula is C23H30N2O. The van der Waals surface area contributed by atoms with E-state index in [0.717, 1.165) is 17.2 Å². The Kier molecular flexibility index (Phi) is 6.39. The second-order valence-electron chi connectivity index (χ2n) is 8.17. The molecule has 0 radical (unpaired) electrons. The lowest BCUT2D eigenvalue weighted by Crippen LogP contribution is -2.07. The van der Waals surface area contributed by atoms with Crippen molar-refractivity contribution < 1.29 is 4.74 Å². The second-order valence-corrected chi connectivity index (χ2v) is 8.17. The molecule has 0 saturated carbocycles. The van der Waals surface area contributed by atoms with Crippen LogP contribution in [0.5, 0.6) is 11.5 Å². The van der Waals surface area contributed by atoms with E-state index in [1.165, 1.54) is 11.1 Å². The first-order valence-corrected chi connectivity index (χ1v) is 9.25. The summed E-state index contributed by atoms with van der Waals surface area (Å²) < 4.78 is 6.29. The summed E-state index contributed by atoms with van der Waals surface area (Å²) in [6.45, 7) is 14.8. The average molecular weight is 351 g/mol. The predicted octanol–water partition coefficient (Wildman–Crippen LogP) is 7.33. The maximum Gasteiger partial charge on any atom is 0.134 e. The lowest BCUT2D eigenvalue weighted by atomic mass is 9.94. The Morgan fingerprint density at radius 2 is 1.38 bits per heavy atom. The van der Waals surface area contributed by atoms with E-state index < -0.39 is 0 Å². The molecule has 0 unspecified atom stereocenters. The zero-order valence-corrected chi connectivity index (χ0v) is 17.0. The van der Waals surface area contributed by atoms with Crippen LogP contribution in [0.3, 0.4) is 0 Å². The maximum atomic E-state index is 6.29. The van der Waals surface area contributed by atoms with E-state index in [1.807, 2.05) is 45.0 Å². The molecule has 0 aliphatic carbocycles. The third-order valence-corrected chi connectivity index (χ3v) is 3.94. The van der Waals surface area contributed by atoms with Gasteiger partial charge in [-0.3, -0.25) is 0 Å². The fraction of sp³-hybridized carbons (Fsp3) is 0.435. The van der Waals surface area contributed by atoms with Gasteiger partial charge in [0, 0.05) is 0 Å². The average Bonchev–Trinajstić information content (AvgIpc) is 2.55. The van der Waals surface area contributed by atoms with Gasteiger partial charge in [0.1, 0.15) is 11.5 Å². The van der Waals surface area contributed by atoms with E-state index >= 15 is 0 Å². The molecule has 2 aromatic rings. The highest BCUT2D eigenvalue weighted by molar-refractivity contribution is 5.54. The highest BCUT2D eigenvalue weighted by Crippen LogP contribution is 2.37. The molecule has 0 heterocycles. The molecular weight excluding hydrogens is 320 g/mol. The molecule has 0 fully saturated rings. The molecule has 3 nitrogen and oxygen atoms in total. The Balaban J connectivity index is 2.28. The summed E-state index contributed by atoms with van der Waals surface area (Å²) in [7, 11) is 0. The minimum atomic E-state index is -0.166. The molecule has 138 valence electrons. The van der Waals surface area contributed by atoms with Gasteiger partial charge in [-0.2, -0.15) is 4.99 Å². The fourth-order valence-electron chi connectivity index (χ4n) is 2.54. The van der Waals surface area contributed by atoms with Crippen molar-refractivity contribution in [2.24, 2.45) is 9.98 Å². The highest BCUT2D eigenvalue weighted by Gasteiger charge is 2.15. The first kappa shape index (κ1) is 19.9. The third-order valence-electron chi connectivity index (χ3n) is 3.94. The Morgan fingerprint density at radius 1 is 0.846 bits per heavy atom. The minimum Gasteiger partial charge on any atom is -0.457 e. The van der Waals surface area contributed by atoms with Crippen molar-refractivity contribution in [1.82, 2.24) is 0 Å². The molecule has 0 N–H and O–H groups in total. The number of hydrogen-bond acceptors (Lipinski definition) is 3. The van der Waals surface area contributed by atoms with Gasteiger partial charge < -0.3 is 4.74 Å². The monoisotopic (exact) mass is 350 g/mol. The van der Waals surface area contributed by atoms with Crippen molar-refractivity contribution in [2.75, 3.05) is 0 Å². The molecule has 0 bridgehead atoms. The number of para-hydroxylation sites is 1. The summed E-state index contributed by atoms with van der Waals surface area (Å²) in [4.78, 5) is 8.52. The van der Waals surface area contributed by atoms with Crippen molar-refractivity contribution in [3.8, 4) is 11.5 Å². The van der Waals surface area contributed by atoms with Gasteiger partial charge in [-0.05, 0) is 68.0 Å². The van der Waals surface area contributed by atoms with Crippen molar-refractivity contribution in [3.05, 3.63) is 53.6 Å². The number of ether oxygens (including phenoxy) is 1. The van der Waals surface area contributed by atoms with Gasteiger partial charge in [0.2, 0.25) is 0 Å². The van der Waals surface area contributed by atoms with Gasteiger partial charge in [0.05, 0.1) is 17.2 Å². The van der Waals surface area contributed by atoms with E-state index in [1.54, 1.807) is 0 Å². The SMILES string of the molecule is CC(C)c1cccc(C(C)C)c1Oc1ccc(N=C=NC(C)(C)C)cc1. The second kappa shape index (κ2) is 8.33. The van der Waals surface area contributed by atoms with Crippen LogP contribution in [0.2, 0.25) is 0 Å². The van der Waals surface area contributed by atoms with E-state index in [0.29, 0.717) is 11.8 Å². The Morgan fingerprint density at radius 3 is 1.85 bits per heavy atom. The van der Waals surface area contributed by atoms with Crippen LogP contribution in [0.1, 0.15) is 71.4 Å². The molecule has 0 amide bonds. The minimum absolute atomic E-state index is 0.166. The lowest BCUT2D eigenvalue weighted by Gasteiger charge is -2.19. The molecule has 0 saturated heterocycles. The smallest absolute Gasteiger partial charge is 0.134 e. The third kappa shape index (κ3) is 5.57. The first-order valence-electron chi connectivity index (χ1n) is 9.25. The van der Waals surface area contributed by atoms with Gasteiger partial charge in [0.25, 0.3) is 0 Å². The molecule has 2 aromatic carbocycles. The van der Waals surface area contributed by atoms with Crippen molar-refractivity contribution >= 4 is 11.7 Å². The summed E-state index contributed by atoms with van der Waals surface area (Å²) in [5.74, 6) is 2.59. The van der Waals surface area contributed by atoms with Crippen LogP contribution in [0.4, 0.5) is 5.69 Å². The van der Waals surface area contributed by atoms with Gasteiger partial charge in [0.15, 0.2) is 0 Å². The molecule has 3 heteroatoms. The standard InChI is InChI=1S/C23H30N2O/c1-16(2)20-9-8-10-21(17(3)4)22(20)26-19-13-11-18(12-14-19)24-15-25-23(5,6)7/h8-14,16-17H,1-7H3. The zero-order chi connectivity index (χ0) is 19.3. The number of rotatable bonds is 5. The van der Waals surface area contributed by atoms with Crippen LogP contribution in [0.15, 0.2) is 52.4 Å². The van der Waals surface area contributed by atoms with Crippen molar-refractivity contribution in [1.29, 1.82) is 0 Å². The van der Waals surface area contributed by atoms with E-state index in [-0.39, 0.29) is 5.54 Å². The van der Waals surface area contributed by atoms with Crippen LogP contribution < -0.4 is 4.74 Å². The maximum absolute atomic E-state index is 6.29. The van der Waals surface area contributed by atoms with Crippen molar-refractivity contribution in [2.45, 2.75) is 65.8 Å². The molecule has 0 aliphatic rings. The fourth-order valence-corrected chi connectivity index (χ4v) is 2.54. The van der Waals surface area contributed by atoms with E-state index in [4.69, 9.17) is 4.74 Å². The molecule has 0 atom stereocenters. The summed E-state index contributed by atoms with van der Waals surface area (Å²) >= 11 is 0. The van der Waals surface area contributed by atoms with Crippen LogP contribution >= 0.6 is 0 Å². The summed E-state index contributed by atoms with van der Waals surface area (Å²) in [6.07, 6.45) is 0. The number of nitrogens with zero attached hydrogens (tertiary/aromatic N) is 2. The van der Waals surface area contributed by atoms with Gasteiger partial charge >= 0.3 is 0 Å². The summed E-state index contributed by atoms with van der Waals surface area (Å²) in [6, 6.07) is 16.9. The van der Waals surface area contributed by atoms with E-state index in [9.17, 15) is 0 Å². The number of aliphatic imine (C=N–C) groups is 2. The van der Waals surface area contributed by atoms with E-state index in [2.05, 4.69) is 61.9 Å². The van der Waals surface area contributed by atoms with Crippen LogP contribution in [-0.4, -0.2) is 11.5 Å². The topological polar surface area (TPSA) is 34.0 Å². The first-order chi connectivity index (χ1) is 12.2. The predicted molar refractivity (Wildman–Crippen MR) is 110 cm³/mol. The number of benzene rings is 2. The molecule has 0 aliphatic heterocycles. The molecule has 2 rings (SSSR count). The Labute approximate surface area is 157 Å².